The van der Waals surface area contributed by atoms with E-state index in [1.54, 1.807) is 6.07 Å². The van der Waals surface area contributed by atoms with Crippen molar-refractivity contribution in [1.29, 1.82) is 0 Å². The lowest BCUT2D eigenvalue weighted by molar-refractivity contribution is -0.186. The highest BCUT2D eigenvalue weighted by molar-refractivity contribution is 7.99. The van der Waals surface area contributed by atoms with E-state index in [-0.39, 0.29) is 23.6 Å². The molecule has 0 radical (unpaired) electrons. The third-order valence-corrected chi connectivity index (χ3v) is 8.47. The fraction of sp³-hybridized carbons (Fsp3) is 0.769. The maximum Gasteiger partial charge on any atom is 0.233 e. The molecule has 37 heavy (non-hydrogen) atoms. The van der Waals surface area contributed by atoms with Gasteiger partial charge in [-0.15, -0.1) is 0 Å². The van der Waals surface area contributed by atoms with Gasteiger partial charge in [0.05, 0.1) is 19.0 Å². The monoisotopic (exact) mass is 553 g/mol. The summed E-state index contributed by atoms with van der Waals surface area (Å²) in [5.41, 5.74) is 0. The summed E-state index contributed by atoms with van der Waals surface area (Å²) in [4.78, 5) is 40.6. The van der Waals surface area contributed by atoms with E-state index in [9.17, 15) is 9.59 Å². The Hall–Kier alpha value is -1.62. The normalized spacial score (nSPS) is 21.6. The molecule has 11 heteroatoms. The average molecular weight is 554 g/mol. The van der Waals surface area contributed by atoms with Gasteiger partial charge in [-0.05, 0) is 13.3 Å². The van der Waals surface area contributed by atoms with Crippen molar-refractivity contribution >= 4 is 41.0 Å². The molecule has 3 saturated heterocycles. The number of hydrogen-bond donors (Lipinski definition) is 0. The molecule has 1 unspecified atom stereocenters. The van der Waals surface area contributed by atoms with Crippen LogP contribution in [0.4, 0.5) is 5.82 Å². The van der Waals surface area contributed by atoms with Gasteiger partial charge in [0.2, 0.25) is 11.8 Å². The Balaban J connectivity index is 1.25. The SMILES string of the molecule is CCCCCCCC(=O)N1CCN(c2cc(Cl)nc(SCC(=O)N3CCC4(CC3)OCCO4)n2)CC1C. The van der Waals surface area contributed by atoms with Crippen LogP contribution in [0.15, 0.2) is 11.2 Å². The molecule has 0 N–H and O–H groups in total. The van der Waals surface area contributed by atoms with Gasteiger partial charge in [-0.1, -0.05) is 56.0 Å². The van der Waals surface area contributed by atoms with Crippen LogP contribution in [-0.2, 0) is 19.1 Å². The van der Waals surface area contributed by atoms with Gasteiger partial charge in [0.25, 0.3) is 0 Å². The molecule has 3 aliphatic rings. The van der Waals surface area contributed by atoms with Crippen LogP contribution in [0.25, 0.3) is 0 Å². The molecular formula is C26H40ClN5O4S. The summed E-state index contributed by atoms with van der Waals surface area (Å²) in [6.45, 7) is 8.85. The molecule has 0 aliphatic carbocycles. The largest absolute Gasteiger partial charge is 0.353 e. The molecule has 3 aliphatic heterocycles. The fourth-order valence-electron chi connectivity index (χ4n) is 5.27. The van der Waals surface area contributed by atoms with Gasteiger partial charge in [-0.3, -0.25) is 9.59 Å². The van der Waals surface area contributed by atoms with Crippen LogP contribution in [0.2, 0.25) is 5.15 Å². The zero-order valence-electron chi connectivity index (χ0n) is 22.1. The molecule has 1 aromatic heterocycles. The lowest BCUT2D eigenvalue weighted by Crippen LogP contribution is -2.54. The number of piperazine rings is 1. The smallest absolute Gasteiger partial charge is 0.233 e. The number of likely N-dealkylation sites (tertiary alicyclic amines) is 1. The topological polar surface area (TPSA) is 88.1 Å². The molecule has 1 spiro atoms. The molecule has 1 aromatic rings. The van der Waals surface area contributed by atoms with Crippen LogP contribution in [0, 0.1) is 0 Å². The standard InChI is InChI=1S/C26H40ClN5O4S/c1-3-4-5-6-7-8-23(33)32-14-13-31(18-20(32)2)22-17-21(27)28-25(29-22)37-19-24(34)30-11-9-26(10-12-30)35-15-16-36-26/h17,20H,3-16,18-19H2,1-2H3. The third-order valence-electron chi connectivity index (χ3n) is 7.44. The minimum atomic E-state index is -0.491. The minimum Gasteiger partial charge on any atom is -0.353 e. The van der Waals surface area contributed by atoms with Gasteiger partial charge in [0, 0.05) is 64.1 Å². The van der Waals surface area contributed by atoms with Crippen molar-refractivity contribution in [3.63, 3.8) is 0 Å². The second-order valence-electron chi connectivity index (χ2n) is 10.2. The zero-order valence-corrected chi connectivity index (χ0v) is 23.7. The number of amides is 2. The highest BCUT2D eigenvalue weighted by Crippen LogP contribution is 2.32. The number of unbranched alkanes of at least 4 members (excludes halogenated alkanes) is 4. The molecule has 0 aromatic carbocycles. The summed E-state index contributed by atoms with van der Waals surface area (Å²) >= 11 is 7.64. The van der Waals surface area contributed by atoms with Crippen LogP contribution >= 0.6 is 23.4 Å². The first-order chi connectivity index (χ1) is 17.9. The Kier molecular flexibility index (Phi) is 10.3. The Morgan fingerprint density at radius 3 is 2.49 bits per heavy atom. The lowest BCUT2D eigenvalue weighted by Gasteiger charge is -2.40. The maximum atomic E-state index is 12.8. The highest BCUT2D eigenvalue weighted by Gasteiger charge is 2.40. The van der Waals surface area contributed by atoms with E-state index in [0.29, 0.717) is 75.5 Å². The number of hydrogen-bond acceptors (Lipinski definition) is 8. The predicted octanol–water partition coefficient (Wildman–Crippen LogP) is 3.99. The molecule has 0 bridgehead atoms. The number of halogens is 1. The van der Waals surface area contributed by atoms with Gasteiger partial charge in [-0.2, -0.15) is 0 Å². The average Bonchev–Trinajstić information content (AvgIpc) is 3.34. The number of thioether (sulfide) groups is 1. The molecule has 9 nitrogen and oxygen atoms in total. The van der Waals surface area contributed by atoms with Crippen molar-refractivity contribution in [2.45, 2.75) is 82.2 Å². The van der Waals surface area contributed by atoms with E-state index in [4.69, 9.17) is 26.1 Å². The van der Waals surface area contributed by atoms with Crippen molar-refractivity contribution < 1.29 is 19.1 Å². The Morgan fingerprint density at radius 2 is 1.78 bits per heavy atom. The fourth-order valence-corrected chi connectivity index (χ4v) is 6.26. The van der Waals surface area contributed by atoms with Crippen LogP contribution in [0.5, 0.6) is 0 Å². The second kappa shape index (κ2) is 13.4. The molecule has 1 atom stereocenters. The molecule has 0 saturated carbocycles. The Labute approximate surface area is 229 Å². The van der Waals surface area contributed by atoms with Crippen molar-refractivity contribution in [3.05, 3.63) is 11.2 Å². The number of carbonyl (C=O) groups is 2. The molecular weight excluding hydrogens is 514 g/mol. The first-order valence-electron chi connectivity index (χ1n) is 13.7. The van der Waals surface area contributed by atoms with Crippen molar-refractivity contribution in [3.8, 4) is 0 Å². The van der Waals surface area contributed by atoms with Crippen molar-refractivity contribution in [2.75, 3.05) is 56.6 Å². The Bertz CT molecular complexity index is 922. The predicted molar refractivity (Wildman–Crippen MR) is 145 cm³/mol. The molecule has 3 fully saturated rings. The van der Waals surface area contributed by atoms with E-state index in [1.165, 1.54) is 31.0 Å². The first-order valence-corrected chi connectivity index (χ1v) is 15.0. The van der Waals surface area contributed by atoms with Crippen molar-refractivity contribution in [1.82, 2.24) is 19.8 Å². The summed E-state index contributed by atoms with van der Waals surface area (Å²) in [7, 11) is 0. The van der Waals surface area contributed by atoms with E-state index in [0.717, 1.165) is 18.7 Å². The molecule has 2 amide bonds. The maximum absolute atomic E-state index is 12.8. The van der Waals surface area contributed by atoms with E-state index >= 15 is 0 Å². The number of rotatable bonds is 10. The van der Waals surface area contributed by atoms with Crippen LogP contribution < -0.4 is 4.90 Å². The second-order valence-corrected chi connectivity index (χ2v) is 11.5. The van der Waals surface area contributed by atoms with Gasteiger partial charge in [0.15, 0.2) is 10.9 Å². The van der Waals surface area contributed by atoms with Gasteiger partial charge in [-0.25, -0.2) is 9.97 Å². The number of carbonyl (C=O) groups excluding carboxylic acids is 2. The number of anilines is 1. The summed E-state index contributed by atoms with van der Waals surface area (Å²) in [6, 6.07) is 1.86. The lowest BCUT2D eigenvalue weighted by atomic mass is 10.0. The minimum absolute atomic E-state index is 0.0541. The molecule has 206 valence electrons. The summed E-state index contributed by atoms with van der Waals surface area (Å²) < 4.78 is 11.5. The zero-order chi connectivity index (χ0) is 26.3. The van der Waals surface area contributed by atoms with Crippen LogP contribution in [-0.4, -0.2) is 95.1 Å². The van der Waals surface area contributed by atoms with Gasteiger partial charge < -0.3 is 24.2 Å². The van der Waals surface area contributed by atoms with Crippen LogP contribution in [0.1, 0.15) is 65.2 Å². The Morgan fingerprint density at radius 1 is 1.05 bits per heavy atom. The number of piperidine rings is 1. The van der Waals surface area contributed by atoms with E-state index in [1.807, 2.05) is 9.80 Å². The highest BCUT2D eigenvalue weighted by atomic mass is 35.5. The van der Waals surface area contributed by atoms with Crippen LogP contribution in [0.3, 0.4) is 0 Å². The van der Waals surface area contributed by atoms with Crippen molar-refractivity contribution in [2.24, 2.45) is 0 Å². The van der Waals surface area contributed by atoms with E-state index < -0.39 is 5.79 Å². The third kappa shape index (κ3) is 7.71. The van der Waals surface area contributed by atoms with Gasteiger partial charge >= 0.3 is 0 Å². The number of aromatic nitrogens is 2. The molecule has 4 heterocycles. The summed E-state index contributed by atoms with van der Waals surface area (Å²) in [5, 5.41) is 0.846. The van der Waals surface area contributed by atoms with Gasteiger partial charge in [0.1, 0.15) is 11.0 Å². The first kappa shape index (κ1) is 28.4. The summed E-state index contributed by atoms with van der Waals surface area (Å²) in [5.74, 6) is 0.803. The molecule has 4 rings (SSSR count). The number of ether oxygens (including phenoxy) is 2. The van der Waals surface area contributed by atoms with E-state index in [2.05, 4.69) is 23.7 Å². The quantitative estimate of drug-likeness (QED) is 0.186. The number of nitrogens with zero attached hydrogens (tertiary/aromatic N) is 5. The summed E-state index contributed by atoms with van der Waals surface area (Å²) in [6.07, 6.45) is 7.77.